The van der Waals surface area contributed by atoms with Gasteiger partial charge in [-0.2, -0.15) is 4.98 Å². The first-order chi connectivity index (χ1) is 13.1. The molecule has 1 heterocycles. The Balaban J connectivity index is 1.59. The number of hydrogen-bond acceptors (Lipinski definition) is 5. The number of carbonyl (C=O) groups is 1. The van der Waals surface area contributed by atoms with E-state index in [4.69, 9.17) is 20.9 Å². The van der Waals surface area contributed by atoms with Crippen LogP contribution in [-0.4, -0.2) is 22.2 Å². The fourth-order valence-electron chi connectivity index (χ4n) is 2.48. The number of benzene rings is 2. The van der Waals surface area contributed by atoms with E-state index in [1.54, 1.807) is 24.3 Å². The van der Waals surface area contributed by atoms with Gasteiger partial charge in [-0.3, -0.25) is 4.79 Å². The fraction of sp³-hybridized carbons (Fsp3) is 0.250. The Bertz CT molecular complexity index is 909. The summed E-state index contributed by atoms with van der Waals surface area (Å²) in [5, 5.41) is 7.34. The lowest BCUT2D eigenvalue weighted by Crippen LogP contribution is -2.37. The van der Waals surface area contributed by atoms with Crippen LogP contribution in [0.2, 0.25) is 5.02 Å². The van der Waals surface area contributed by atoms with Crippen molar-refractivity contribution in [3.05, 3.63) is 65.0 Å². The number of aromatic nitrogens is 2. The fourth-order valence-corrected chi connectivity index (χ4v) is 2.61. The van der Waals surface area contributed by atoms with E-state index in [1.165, 1.54) is 0 Å². The average molecular weight is 386 g/mol. The Hall–Kier alpha value is -2.86. The van der Waals surface area contributed by atoms with Crippen LogP contribution in [0.15, 0.2) is 53.1 Å². The molecule has 0 aliphatic carbocycles. The molecule has 0 aliphatic heterocycles. The van der Waals surface area contributed by atoms with Crippen molar-refractivity contribution in [2.24, 2.45) is 0 Å². The minimum atomic E-state index is -0.593. The molecular formula is C20H20ClN3O3. The van der Waals surface area contributed by atoms with Crippen molar-refractivity contribution < 1.29 is 14.1 Å². The first-order valence-corrected chi connectivity index (χ1v) is 9.03. The van der Waals surface area contributed by atoms with E-state index in [-0.39, 0.29) is 12.5 Å². The maximum absolute atomic E-state index is 12.4. The van der Waals surface area contributed by atoms with E-state index >= 15 is 0 Å². The molecule has 0 bridgehead atoms. The van der Waals surface area contributed by atoms with Crippen molar-refractivity contribution in [2.45, 2.75) is 32.9 Å². The third-order valence-electron chi connectivity index (χ3n) is 4.01. The van der Waals surface area contributed by atoms with Crippen molar-refractivity contribution in [2.75, 3.05) is 0 Å². The quantitative estimate of drug-likeness (QED) is 0.660. The highest BCUT2D eigenvalue weighted by atomic mass is 35.5. The zero-order valence-electron chi connectivity index (χ0n) is 15.1. The lowest BCUT2D eigenvalue weighted by Gasteiger charge is -2.18. The third kappa shape index (κ3) is 4.86. The van der Waals surface area contributed by atoms with Gasteiger partial charge in [0.15, 0.2) is 6.10 Å². The van der Waals surface area contributed by atoms with Crippen LogP contribution < -0.4 is 10.1 Å². The van der Waals surface area contributed by atoms with Crippen LogP contribution in [0, 0.1) is 6.92 Å². The second-order valence-electron chi connectivity index (χ2n) is 6.02. The first kappa shape index (κ1) is 18.9. The van der Waals surface area contributed by atoms with Crippen molar-refractivity contribution >= 4 is 17.5 Å². The van der Waals surface area contributed by atoms with Crippen LogP contribution in [0.25, 0.3) is 11.4 Å². The molecule has 3 aromatic rings. The van der Waals surface area contributed by atoms with Crippen molar-refractivity contribution in [1.82, 2.24) is 15.5 Å². The number of rotatable bonds is 7. The Morgan fingerprint density at radius 1 is 1.22 bits per heavy atom. The molecule has 7 heteroatoms. The highest BCUT2D eigenvalue weighted by Crippen LogP contribution is 2.20. The molecule has 1 N–H and O–H groups in total. The second-order valence-corrected chi connectivity index (χ2v) is 6.45. The summed E-state index contributed by atoms with van der Waals surface area (Å²) in [6, 6.07) is 14.7. The maximum atomic E-state index is 12.4. The predicted octanol–water partition coefficient (Wildman–Crippen LogP) is 4.17. The summed E-state index contributed by atoms with van der Waals surface area (Å²) in [6.07, 6.45) is -0.0511. The molecule has 0 unspecified atom stereocenters. The number of para-hydroxylation sites is 1. The van der Waals surface area contributed by atoms with E-state index in [0.29, 0.717) is 28.9 Å². The number of hydrogen-bond donors (Lipinski definition) is 1. The molecule has 1 aromatic heterocycles. The van der Waals surface area contributed by atoms with Gasteiger partial charge < -0.3 is 14.6 Å². The van der Waals surface area contributed by atoms with Gasteiger partial charge in [0, 0.05) is 10.6 Å². The smallest absolute Gasteiger partial charge is 0.261 e. The van der Waals surface area contributed by atoms with Crippen molar-refractivity contribution in [3.63, 3.8) is 0 Å². The maximum Gasteiger partial charge on any atom is 0.261 e. The summed E-state index contributed by atoms with van der Waals surface area (Å²) in [4.78, 5) is 16.7. The number of nitrogens with zero attached hydrogens (tertiary/aromatic N) is 2. The van der Waals surface area contributed by atoms with E-state index in [9.17, 15) is 4.79 Å². The molecule has 0 saturated carbocycles. The summed E-state index contributed by atoms with van der Waals surface area (Å²) < 4.78 is 11.0. The van der Waals surface area contributed by atoms with E-state index < -0.39 is 6.10 Å². The minimum absolute atomic E-state index is 0.132. The number of nitrogens with one attached hydrogen (secondary N) is 1. The van der Waals surface area contributed by atoms with Gasteiger partial charge in [-0.15, -0.1) is 0 Å². The summed E-state index contributed by atoms with van der Waals surface area (Å²) >= 11 is 5.88. The molecule has 3 rings (SSSR count). The normalized spacial score (nSPS) is 11.8. The molecule has 140 valence electrons. The van der Waals surface area contributed by atoms with Crippen LogP contribution in [-0.2, 0) is 11.3 Å². The molecule has 2 aromatic carbocycles. The van der Waals surface area contributed by atoms with Gasteiger partial charge in [-0.25, -0.2) is 0 Å². The van der Waals surface area contributed by atoms with Gasteiger partial charge in [0.25, 0.3) is 5.91 Å². The van der Waals surface area contributed by atoms with Crippen LogP contribution in [0.4, 0.5) is 0 Å². The monoisotopic (exact) mass is 385 g/mol. The van der Waals surface area contributed by atoms with Gasteiger partial charge in [-0.05, 0) is 49.2 Å². The molecule has 0 fully saturated rings. The Kier molecular flexibility index (Phi) is 6.08. The minimum Gasteiger partial charge on any atom is -0.480 e. The highest BCUT2D eigenvalue weighted by Gasteiger charge is 2.20. The summed E-state index contributed by atoms with van der Waals surface area (Å²) in [7, 11) is 0. The lowest BCUT2D eigenvalue weighted by molar-refractivity contribution is -0.128. The number of aryl methyl sites for hydroxylation is 1. The summed E-state index contributed by atoms with van der Waals surface area (Å²) in [6.45, 7) is 3.97. The topological polar surface area (TPSA) is 77.2 Å². The number of ether oxygens (including phenoxy) is 1. The standard InChI is InChI=1S/C20H20ClN3O3/c1-3-16(26-17-7-5-4-6-13(17)2)20(25)22-12-18-23-19(24-27-18)14-8-10-15(21)11-9-14/h4-11,16H,3,12H2,1-2H3,(H,22,25)/t16-/m0/s1. The molecule has 0 aliphatic rings. The zero-order valence-corrected chi connectivity index (χ0v) is 15.9. The first-order valence-electron chi connectivity index (χ1n) is 8.65. The van der Waals surface area contributed by atoms with Crippen LogP contribution in [0.5, 0.6) is 5.75 Å². The summed E-state index contributed by atoms with van der Waals surface area (Å²) in [5.41, 5.74) is 1.77. The third-order valence-corrected chi connectivity index (χ3v) is 4.26. The summed E-state index contributed by atoms with van der Waals surface area (Å²) in [5.74, 6) is 1.23. The molecule has 0 saturated heterocycles. The Morgan fingerprint density at radius 2 is 1.96 bits per heavy atom. The predicted molar refractivity (Wildman–Crippen MR) is 102 cm³/mol. The Labute approximate surface area is 162 Å². The van der Waals surface area contributed by atoms with E-state index in [0.717, 1.165) is 11.1 Å². The van der Waals surface area contributed by atoms with Crippen LogP contribution in [0.3, 0.4) is 0 Å². The molecule has 6 nitrogen and oxygen atoms in total. The Morgan fingerprint density at radius 3 is 2.67 bits per heavy atom. The lowest BCUT2D eigenvalue weighted by atomic mass is 10.2. The molecule has 1 amide bonds. The number of carbonyl (C=O) groups excluding carboxylic acids is 1. The van der Waals surface area contributed by atoms with Gasteiger partial charge in [-0.1, -0.05) is 41.9 Å². The molecule has 0 spiro atoms. The van der Waals surface area contributed by atoms with Crippen LogP contribution in [0.1, 0.15) is 24.8 Å². The SMILES string of the molecule is CC[C@H](Oc1ccccc1C)C(=O)NCc1nc(-c2ccc(Cl)cc2)no1. The zero-order chi connectivity index (χ0) is 19.2. The van der Waals surface area contributed by atoms with E-state index in [1.807, 2.05) is 38.1 Å². The van der Waals surface area contributed by atoms with Crippen molar-refractivity contribution in [1.29, 1.82) is 0 Å². The van der Waals surface area contributed by atoms with Crippen molar-refractivity contribution in [3.8, 4) is 17.1 Å². The molecule has 0 radical (unpaired) electrons. The van der Waals surface area contributed by atoms with Gasteiger partial charge >= 0.3 is 0 Å². The molecule has 27 heavy (non-hydrogen) atoms. The van der Waals surface area contributed by atoms with Crippen LogP contribution >= 0.6 is 11.6 Å². The average Bonchev–Trinajstić information content (AvgIpc) is 3.15. The number of halogens is 1. The van der Waals surface area contributed by atoms with E-state index in [2.05, 4.69) is 15.5 Å². The second kappa shape index (κ2) is 8.68. The van der Waals surface area contributed by atoms with Gasteiger partial charge in [0.2, 0.25) is 11.7 Å². The largest absolute Gasteiger partial charge is 0.480 e. The molecular weight excluding hydrogens is 366 g/mol. The highest BCUT2D eigenvalue weighted by molar-refractivity contribution is 6.30. The molecule has 1 atom stereocenters. The van der Waals surface area contributed by atoms with Gasteiger partial charge in [0.05, 0.1) is 6.54 Å². The van der Waals surface area contributed by atoms with Gasteiger partial charge in [0.1, 0.15) is 5.75 Å². The number of amides is 1.